The topological polar surface area (TPSA) is 90.0 Å². The summed E-state index contributed by atoms with van der Waals surface area (Å²) in [4.78, 5) is 54.9. The Hall–Kier alpha value is -3.49. The van der Waals surface area contributed by atoms with Crippen molar-refractivity contribution in [1.29, 1.82) is 0 Å². The molecular weight excluding hydrogens is 468 g/mol. The summed E-state index contributed by atoms with van der Waals surface area (Å²) in [5, 5.41) is 0. The van der Waals surface area contributed by atoms with Gasteiger partial charge in [-0.05, 0) is 45.6 Å². The van der Waals surface area contributed by atoms with Crippen LogP contribution in [0, 0.1) is 0 Å². The highest BCUT2D eigenvalue weighted by molar-refractivity contribution is 5.98. The van der Waals surface area contributed by atoms with Crippen LogP contribution in [0.1, 0.15) is 72.5 Å². The average molecular weight is 505 g/mol. The van der Waals surface area contributed by atoms with Crippen LogP contribution in [0.25, 0.3) is 0 Å². The third-order valence-electron chi connectivity index (χ3n) is 7.88. The van der Waals surface area contributed by atoms with Gasteiger partial charge in [-0.25, -0.2) is 4.98 Å². The van der Waals surface area contributed by atoms with Gasteiger partial charge >= 0.3 is 0 Å². The Labute approximate surface area is 218 Å². The summed E-state index contributed by atoms with van der Waals surface area (Å²) in [5.74, 6) is 1.56. The first-order valence-corrected chi connectivity index (χ1v) is 13.3. The van der Waals surface area contributed by atoms with Gasteiger partial charge in [0, 0.05) is 62.9 Å². The van der Waals surface area contributed by atoms with Crippen LogP contribution in [0.5, 0.6) is 0 Å². The number of piperazine rings is 1. The molecule has 0 bridgehead atoms. The third kappa shape index (κ3) is 4.91. The fraction of sp³-hybridized carbons (Fsp3) is 0.536. The number of Topliss-reactive ketones (excluding diaryl/α,β-unsaturated/α-hetero) is 1. The van der Waals surface area contributed by atoms with E-state index in [-0.39, 0.29) is 29.7 Å². The molecule has 0 radical (unpaired) electrons. The Morgan fingerprint density at radius 1 is 1.00 bits per heavy atom. The smallest absolute Gasteiger partial charge is 0.273 e. The van der Waals surface area contributed by atoms with Crippen LogP contribution in [0.15, 0.2) is 24.3 Å². The zero-order valence-corrected chi connectivity index (χ0v) is 22.2. The number of benzene rings is 1. The summed E-state index contributed by atoms with van der Waals surface area (Å²) in [6.45, 7) is 11.2. The van der Waals surface area contributed by atoms with E-state index in [9.17, 15) is 14.4 Å². The molecule has 1 aromatic heterocycles. The summed E-state index contributed by atoms with van der Waals surface area (Å²) in [6, 6.07) is 8.22. The Kier molecular flexibility index (Phi) is 6.88. The Bertz CT molecular complexity index is 1200. The fourth-order valence-corrected chi connectivity index (χ4v) is 5.65. The minimum Gasteiger partial charge on any atom is -0.353 e. The van der Waals surface area contributed by atoms with Crippen molar-refractivity contribution in [2.24, 2.45) is 0 Å². The highest BCUT2D eigenvalue weighted by Crippen LogP contribution is 2.36. The summed E-state index contributed by atoms with van der Waals surface area (Å²) in [7, 11) is 0. The van der Waals surface area contributed by atoms with Gasteiger partial charge in [0.2, 0.25) is 11.9 Å². The quantitative estimate of drug-likeness (QED) is 0.559. The van der Waals surface area contributed by atoms with Crippen molar-refractivity contribution in [3.05, 3.63) is 46.6 Å². The van der Waals surface area contributed by atoms with E-state index in [4.69, 9.17) is 9.97 Å². The molecule has 2 aromatic rings. The molecule has 9 heteroatoms. The zero-order chi connectivity index (χ0) is 26.3. The van der Waals surface area contributed by atoms with E-state index < -0.39 is 0 Å². The van der Waals surface area contributed by atoms with Crippen molar-refractivity contribution in [2.45, 2.75) is 65.6 Å². The minimum absolute atomic E-state index is 0.0344. The van der Waals surface area contributed by atoms with Crippen LogP contribution < -0.4 is 9.80 Å². The highest BCUT2D eigenvalue weighted by Gasteiger charge is 2.38. The van der Waals surface area contributed by atoms with Crippen molar-refractivity contribution in [3.8, 4) is 0 Å². The van der Waals surface area contributed by atoms with Crippen LogP contribution in [0.4, 0.5) is 11.8 Å². The molecule has 2 saturated heterocycles. The van der Waals surface area contributed by atoms with E-state index in [1.54, 1.807) is 13.8 Å². The lowest BCUT2D eigenvalue weighted by atomic mass is 10.0. The lowest BCUT2D eigenvalue weighted by molar-refractivity contribution is -0.129. The number of hydrogen-bond acceptors (Lipinski definition) is 7. The molecule has 37 heavy (non-hydrogen) atoms. The largest absolute Gasteiger partial charge is 0.353 e. The average Bonchev–Trinajstić information content (AvgIpc) is 3.48. The Balaban J connectivity index is 1.46. The highest BCUT2D eigenvalue weighted by atomic mass is 16.2. The predicted molar refractivity (Wildman–Crippen MR) is 142 cm³/mol. The van der Waals surface area contributed by atoms with E-state index in [0.717, 1.165) is 42.8 Å². The van der Waals surface area contributed by atoms with E-state index in [2.05, 4.69) is 9.80 Å². The molecular formula is C28H36N6O3. The number of carbonyl (C=O) groups is 3. The van der Waals surface area contributed by atoms with Gasteiger partial charge in [0.05, 0.1) is 6.54 Å². The molecule has 2 amide bonds. The standard InChI is InChI=1S/C28H36N6O3/c1-18(2)34-17-24-25(27(34)37)29-28(32-14-12-31(13-15-32)20(4)36)30-26(24)33-11-5-6-23(33)16-21-7-9-22(10-8-21)19(3)35/h7-10,18,23H,5-6,11-17H2,1-4H3. The molecule has 1 aromatic carbocycles. The fourth-order valence-electron chi connectivity index (χ4n) is 5.65. The first kappa shape index (κ1) is 25.2. The SMILES string of the molecule is CC(=O)c1ccc(CC2CCCN2c2nc(N3CCN(C(C)=O)CC3)nc3c2CN(C(C)C)C3=O)cc1. The molecule has 0 saturated carbocycles. The number of rotatable bonds is 6. The van der Waals surface area contributed by atoms with E-state index >= 15 is 0 Å². The maximum Gasteiger partial charge on any atom is 0.273 e. The zero-order valence-electron chi connectivity index (χ0n) is 22.2. The van der Waals surface area contributed by atoms with Gasteiger partial charge in [0.15, 0.2) is 5.78 Å². The van der Waals surface area contributed by atoms with Crippen molar-refractivity contribution >= 4 is 29.4 Å². The monoisotopic (exact) mass is 504 g/mol. The van der Waals surface area contributed by atoms with Gasteiger partial charge in [0.1, 0.15) is 11.5 Å². The molecule has 3 aliphatic rings. The summed E-state index contributed by atoms with van der Waals surface area (Å²) in [6.07, 6.45) is 2.95. The van der Waals surface area contributed by atoms with Crippen molar-refractivity contribution in [2.75, 3.05) is 42.5 Å². The van der Waals surface area contributed by atoms with E-state index in [1.807, 2.05) is 47.9 Å². The van der Waals surface area contributed by atoms with Crippen LogP contribution >= 0.6 is 0 Å². The molecule has 0 N–H and O–H groups in total. The van der Waals surface area contributed by atoms with Gasteiger partial charge in [-0.3, -0.25) is 14.4 Å². The van der Waals surface area contributed by atoms with Gasteiger partial charge < -0.3 is 19.6 Å². The molecule has 0 aliphatic carbocycles. The number of amides is 2. The summed E-state index contributed by atoms with van der Waals surface area (Å²) >= 11 is 0. The minimum atomic E-state index is -0.0344. The van der Waals surface area contributed by atoms with Gasteiger partial charge in [-0.1, -0.05) is 24.3 Å². The van der Waals surface area contributed by atoms with Crippen molar-refractivity contribution in [3.63, 3.8) is 0 Å². The number of ketones is 1. The molecule has 1 atom stereocenters. The maximum atomic E-state index is 13.4. The van der Waals surface area contributed by atoms with Crippen LogP contribution in [0.2, 0.25) is 0 Å². The number of nitrogens with zero attached hydrogens (tertiary/aromatic N) is 6. The first-order valence-electron chi connectivity index (χ1n) is 13.3. The molecule has 1 unspecified atom stereocenters. The van der Waals surface area contributed by atoms with E-state index in [1.165, 1.54) is 5.56 Å². The maximum absolute atomic E-state index is 13.4. The Morgan fingerprint density at radius 2 is 1.70 bits per heavy atom. The third-order valence-corrected chi connectivity index (χ3v) is 7.88. The molecule has 5 rings (SSSR count). The predicted octanol–water partition coefficient (Wildman–Crippen LogP) is 2.92. The lowest BCUT2D eigenvalue weighted by Crippen LogP contribution is -2.48. The van der Waals surface area contributed by atoms with Gasteiger partial charge in [-0.15, -0.1) is 0 Å². The number of hydrogen-bond donors (Lipinski definition) is 0. The van der Waals surface area contributed by atoms with Gasteiger partial charge in [0.25, 0.3) is 5.91 Å². The number of aromatic nitrogens is 2. The van der Waals surface area contributed by atoms with Gasteiger partial charge in [-0.2, -0.15) is 4.98 Å². The van der Waals surface area contributed by atoms with E-state index in [0.29, 0.717) is 44.4 Å². The molecule has 9 nitrogen and oxygen atoms in total. The number of carbonyl (C=O) groups excluding carboxylic acids is 3. The second kappa shape index (κ2) is 10.1. The molecule has 2 fully saturated rings. The lowest BCUT2D eigenvalue weighted by Gasteiger charge is -2.35. The Morgan fingerprint density at radius 3 is 2.32 bits per heavy atom. The summed E-state index contributed by atoms with van der Waals surface area (Å²) < 4.78 is 0. The normalized spacial score (nSPS) is 19.7. The summed E-state index contributed by atoms with van der Waals surface area (Å²) in [5.41, 5.74) is 3.35. The van der Waals surface area contributed by atoms with Crippen molar-refractivity contribution in [1.82, 2.24) is 19.8 Å². The van der Waals surface area contributed by atoms with Crippen LogP contribution in [-0.4, -0.2) is 82.2 Å². The van der Waals surface area contributed by atoms with Crippen LogP contribution in [-0.2, 0) is 17.8 Å². The molecule has 4 heterocycles. The van der Waals surface area contributed by atoms with Crippen molar-refractivity contribution < 1.29 is 14.4 Å². The second-order valence-electron chi connectivity index (χ2n) is 10.6. The second-order valence-corrected chi connectivity index (χ2v) is 10.6. The molecule has 196 valence electrons. The number of fused-ring (bicyclic) bond motifs is 1. The van der Waals surface area contributed by atoms with Crippen LogP contribution in [0.3, 0.4) is 0 Å². The molecule has 0 spiro atoms. The first-order chi connectivity index (χ1) is 17.7. The number of anilines is 2. The molecule has 3 aliphatic heterocycles.